The van der Waals surface area contributed by atoms with Crippen molar-refractivity contribution in [3.63, 3.8) is 0 Å². The summed E-state index contributed by atoms with van der Waals surface area (Å²) in [5.41, 5.74) is 11.0. The zero-order valence-electron chi connectivity index (χ0n) is 16.9. The third-order valence-corrected chi connectivity index (χ3v) is 5.94. The third kappa shape index (κ3) is 5.36. The van der Waals surface area contributed by atoms with Gasteiger partial charge in [0, 0.05) is 30.6 Å². The lowest BCUT2D eigenvalue weighted by Gasteiger charge is -2.23. The Morgan fingerprint density at radius 3 is 2.66 bits per heavy atom. The van der Waals surface area contributed by atoms with E-state index in [4.69, 9.17) is 5.73 Å². The van der Waals surface area contributed by atoms with Gasteiger partial charge in [-0.15, -0.1) is 0 Å². The maximum Gasteiger partial charge on any atom is 0.195 e. The van der Waals surface area contributed by atoms with Gasteiger partial charge in [-0.25, -0.2) is 13.4 Å². The first kappa shape index (κ1) is 20.9. The second-order valence-corrected chi connectivity index (χ2v) is 9.12. The van der Waals surface area contributed by atoms with Crippen LogP contribution in [0.4, 0.5) is 5.69 Å². The first-order chi connectivity index (χ1) is 13.7. The van der Waals surface area contributed by atoms with Crippen molar-refractivity contribution in [3.05, 3.63) is 65.2 Å². The quantitative estimate of drug-likeness (QED) is 0.517. The summed E-state index contributed by atoms with van der Waals surface area (Å²) in [6.45, 7) is 5.42. The van der Waals surface area contributed by atoms with Crippen molar-refractivity contribution in [1.82, 2.24) is 10.6 Å². The number of anilines is 1. The monoisotopic (exact) mass is 413 g/mol. The minimum Gasteiger partial charge on any atom is -0.384 e. The van der Waals surface area contributed by atoms with Crippen molar-refractivity contribution in [2.45, 2.75) is 24.9 Å². The van der Waals surface area contributed by atoms with Crippen LogP contribution in [0.2, 0.25) is 0 Å². The van der Waals surface area contributed by atoms with Crippen LogP contribution in [0.25, 0.3) is 5.70 Å². The van der Waals surface area contributed by atoms with E-state index in [0.29, 0.717) is 23.9 Å². The molecule has 8 heteroatoms. The number of hydrogen-bond donors (Lipinski definition) is 4. The highest BCUT2D eigenvalue weighted by atomic mass is 32.2. The molecule has 0 aliphatic carbocycles. The number of nitrogens with two attached hydrogens (primary N) is 1. The third-order valence-electron chi connectivity index (χ3n) is 4.83. The van der Waals surface area contributed by atoms with Crippen LogP contribution < -0.4 is 21.7 Å². The molecule has 0 bridgehead atoms. The predicted octanol–water partition coefficient (Wildman–Crippen LogP) is 1.99. The van der Waals surface area contributed by atoms with Crippen LogP contribution in [0.5, 0.6) is 0 Å². The zero-order valence-corrected chi connectivity index (χ0v) is 17.7. The standard InChI is InChI=1S/C21H27N5O2S/c1-14-6-4-9-18(15(14)2)19-13-20(26-21(22)25-19)24-11-10-23-16-7-5-8-17(12-16)29(3,27)28/h4-9,12-13,20,23-24H,10-11H2,1-3H3,(H3,22,25,26). The van der Waals surface area contributed by atoms with Crippen molar-refractivity contribution in [2.75, 3.05) is 24.7 Å². The normalized spacial score (nSPS) is 16.6. The number of rotatable bonds is 7. The van der Waals surface area contributed by atoms with E-state index in [-0.39, 0.29) is 6.17 Å². The van der Waals surface area contributed by atoms with Gasteiger partial charge < -0.3 is 16.4 Å². The number of nitrogens with one attached hydrogen (secondary N) is 3. The van der Waals surface area contributed by atoms with Crippen LogP contribution in [0.15, 0.2) is 58.4 Å². The molecule has 1 aliphatic rings. The summed E-state index contributed by atoms with van der Waals surface area (Å²) < 4.78 is 23.3. The molecule has 1 atom stereocenters. The number of guanidine groups is 1. The molecule has 1 aliphatic heterocycles. The molecule has 0 spiro atoms. The number of sulfone groups is 1. The number of hydrogen-bond acceptors (Lipinski definition) is 7. The molecular weight excluding hydrogens is 386 g/mol. The van der Waals surface area contributed by atoms with Crippen LogP contribution >= 0.6 is 0 Å². The molecule has 0 fully saturated rings. The first-order valence-corrected chi connectivity index (χ1v) is 11.3. The Hall–Kier alpha value is -2.84. The summed E-state index contributed by atoms with van der Waals surface area (Å²) in [5.74, 6) is 0.370. The molecule has 0 saturated heterocycles. The van der Waals surface area contributed by atoms with Gasteiger partial charge in [0.2, 0.25) is 0 Å². The number of benzene rings is 2. The molecule has 1 unspecified atom stereocenters. The molecule has 1 heterocycles. The van der Waals surface area contributed by atoms with E-state index < -0.39 is 9.84 Å². The molecule has 5 N–H and O–H groups in total. The topological polar surface area (TPSA) is 109 Å². The highest BCUT2D eigenvalue weighted by molar-refractivity contribution is 7.90. The van der Waals surface area contributed by atoms with E-state index in [2.05, 4.69) is 40.9 Å². The molecule has 0 aromatic heterocycles. The van der Waals surface area contributed by atoms with Gasteiger partial charge in [-0.2, -0.15) is 0 Å². The number of nitrogens with zero attached hydrogens (tertiary/aromatic N) is 1. The Balaban J connectivity index is 1.61. The molecule has 154 valence electrons. The maximum absolute atomic E-state index is 11.7. The fourth-order valence-corrected chi connectivity index (χ4v) is 3.78. The van der Waals surface area contributed by atoms with Crippen LogP contribution in [-0.2, 0) is 9.84 Å². The van der Waals surface area contributed by atoms with Gasteiger partial charge in [-0.1, -0.05) is 24.3 Å². The lowest BCUT2D eigenvalue weighted by Crippen LogP contribution is -2.50. The van der Waals surface area contributed by atoms with E-state index in [9.17, 15) is 8.42 Å². The number of aliphatic imine (C=N–C) groups is 1. The van der Waals surface area contributed by atoms with Gasteiger partial charge in [0.15, 0.2) is 15.8 Å². The second kappa shape index (κ2) is 8.67. The summed E-state index contributed by atoms with van der Waals surface area (Å²) in [6, 6.07) is 12.9. The Morgan fingerprint density at radius 1 is 1.14 bits per heavy atom. The molecule has 2 aromatic carbocycles. The van der Waals surface area contributed by atoms with Gasteiger partial charge in [0.25, 0.3) is 0 Å². The van der Waals surface area contributed by atoms with Crippen molar-refractivity contribution in [1.29, 1.82) is 0 Å². The fraction of sp³-hybridized carbons (Fsp3) is 0.286. The molecular formula is C21H27N5O2S. The minimum absolute atomic E-state index is 0.147. The molecule has 0 saturated carbocycles. The highest BCUT2D eigenvalue weighted by Crippen LogP contribution is 2.24. The van der Waals surface area contributed by atoms with Gasteiger partial charge in [-0.05, 0) is 49.2 Å². The van der Waals surface area contributed by atoms with E-state index in [1.54, 1.807) is 18.2 Å². The van der Waals surface area contributed by atoms with Crippen molar-refractivity contribution >= 4 is 27.2 Å². The Morgan fingerprint density at radius 2 is 1.90 bits per heavy atom. The smallest absolute Gasteiger partial charge is 0.195 e. The summed E-state index contributed by atoms with van der Waals surface area (Å²) in [7, 11) is -3.22. The SMILES string of the molecule is Cc1cccc(C2=CC(NCCNc3cccc(S(C)(=O)=O)c3)NC(N)=N2)c1C. The van der Waals surface area contributed by atoms with Crippen molar-refractivity contribution < 1.29 is 8.42 Å². The van der Waals surface area contributed by atoms with Gasteiger partial charge in [-0.3, -0.25) is 5.32 Å². The van der Waals surface area contributed by atoms with E-state index in [1.807, 2.05) is 24.3 Å². The first-order valence-electron chi connectivity index (χ1n) is 9.40. The number of aryl methyl sites for hydroxylation is 1. The predicted molar refractivity (Wildman–Crippen MR) is 118 cm³/mol. The molecule has 0 amide bonds. The summed E-state index contributed by atoms with van der Waals surface area (Å²) in [4.78, 5) is 4.75. The highest BCUT2D eigenvalue weighted by Gasteiger charge is 2.16. The average molecular weight is 414 g/mol. The van der Waals surface area contributed by atoms with Crippen molar-refractivity contribution in [3.8, 4) is 0 Å². The van der Waals surface area contributed by atoms with Crippen LogP contribution in [0.1, 0.15) is 16.7 Å². The van der Waals surface area contributed by atoms with Crippen LogP contribution in [0.3, 0.4) is 0 Å². The Kier molecular flexibility index (Phi) is 6.24. The molecule has 29 heavy (non-hydrogen) atoms. The lowest BCUT2D eigenvalue weighted by molar-refractivity contribution is 0.572. The van der Waals surface area contributed by atoms with E-state index >= 15 is 0 Å². The molecule has 7 nitrogen and oxygen atoms in total. The Bertz CT molecular complexity index is 1060. The fourth-order valence-electron chi connectivity index (χ4n) is 3.12. The largest absolute Gasteiger partial charge is 0.384 e. The summed E-state index contributed by atoms with van der Waals surface area (Å²) >= 11 is 0. The second-order valence-electron chi connectivity index (χ2n) is 7.10. The van der Waals surface area contributed by atoms with Crippen LogP contribution in [0, 0.1) is 13.8 Å². The molecule has 0 radical (unpaired) electrons. The summed E-state index contributed by atoms with van der Waals surface area (Å²) in [6.07, 6.45) is 3.07. The van der Waals surface area contributed by atoms with Gasteiger partial charge in [0.1, 0.15) is 6.17 Å². The minimum atomic E-state index is -3.22. The van der Waals surface area contributed by atoms with E-state index in [1.165, 1.54) is 17.4 Å². The van der Waals surface area contributed by atoms with Crippen molar-refractivity contribution in [2.24, 2.45) is 10.7 Å². The Labute approximate surface area is 172 Å². The average Bonchev–Trinajstić information content (AvgIpc) is 2.66. The van der Waals surface area contributed by atoms with Gasteiger partial charge in [0.05, 0.1) is 10.6 Å². The van der Waals surface area contributed by atoms with Gasteiger partial charge >= 0.3 is 0 Å². The lowest BCUT2D eigenvalue weighted by atomic mass is 10.00. The van der Waals surface area contributed by atoms with Crippen LogP contribution in [-0.4, -0.2) is 39.9 Å². The maximum atomic E-state index is 11.7. The zero-order chi connectivity index (χ0) is 21.0. The van der Waals surface area contributed by atoms with E-state index in [0.717, 1.165) is 16.9 Å². The molecule has 2 aromatic rings. The summed E-state index contributed by atoms with van der Waals surface area (Å²) in [5, 5.41) is 9.71. The molecule has 3 rings (SSSR count).